The summed E-state index contributed by atoms with van der Waals surface area (Å²) in [5.74, 6) is 0. The van der Waals surface area contributed by atoms with Crippen molar-refractivity contribution in [2.24, 2.45) is 5.16 Å². The number of nitrogens with one attached hydrogen (secondary N) is 1. The van der Waals surface area contributed by atoms with Gasteiger partial charge in [0.2, 0.25) is 0 Å². The van der Waals surface area contributed by atoms with Crippen LogP contribution in [0.25, 0.3) is 32.8 Å². The maximum Gasteiger partial charge on any atom is 0.119 e. The standard InChI is InChI=1S/C21H17N3O/c1-22-17-9-7-15-8-10-20-19(21(24-25)18(15)12-17)11-16(13-23-20)14-5-3-2-4-6-14/h2-13,22,25H,1H3/b24-21+. The zero-order valence-electron chi connectivity index (χ0n) is 13.8. The van der Waals surface area contributed by atoms with E-state index < -0.39 is 0 Å². The average Bonchev–Trinajstić information content (AvgIpc) is 2.83. The zero-order valence-corrected chi connectivity index (χ0v) is 13.8. The summed E-state index contributed by atoms with van der Waals surface area (Å²) >= 11 is 0. The lowest BCUT2D eigenvalue weighted by Crippen LogP contribution is -2.03. The first-order valence-electron chi connectivity index (χ1n) is 8.08. The summed E-state index contributed by atoms with van der Waals surface area (Å²) in [6.45, 7) is 0. The Morgan fingerprint density at radius 3 is 2.44 bits per heavy atom. The molecular weight excluding hydrogens is 310 g/mol. The Hall–Kier alpha value is -3.40. The molecule has 0 atom stereocenters. The van der Waals surface area contributed by atoms with E-state index in [0.29, 0.717) is 5.36 Å². The number of hydrogen-bond donors (Lipinski definition) is 2. The first-order valence-corrected chi connectivity index (χ1v) is 8.08. The van der Waals surface area contributed by atoms with Crippen LogP contribution in [-0.2, 0) is 0 Å². The molecule has 0 radical (unpaired) electrons. The van der Waals surface area contributed by atoms with Crippen molar-refractivity contribution in [3.05, 3.63) is 78.3 Å². The number of rotatable bonds is 2. The van der Waals surface area contributed by atoms with E-state index in [-0.39, 0.29) is 0 Å². The predicted molar refractivity (Wildman–Crippen MR) is 102 cm³/mol. The summed E-state index contributed by atoms with van der Waals surface area (Å²) < 4.78 is 0. The number of aromatic nitrogens is 1. The molecule has 4 heteroatoms. The lowest BCUT2D eigenvalue weighted by Gasteiger charge is -2.03. The highest BCUT2D eigenvalue weighted by Gasteiger charge is 2.06. The van der Waals surface area contributed by atoms with Crippen molar-refractivity contribution in [2.75, 3.05) is 12.4 Å². The van der Waals surface area contributed by atoms with Crippen LogP contribution in [0.4, 0.5) is 5.69 Å². The molecule has 0 spiro atoms. The number of hydrogen-bond acceptors (Lipinski definition) is 4. The van der Waals surface area contributed by atoms with Crippen LogP contribution in [-0.4, -0.2) is 17.2 Å². The first kappa shape index (κ1) is 15.1. The van der Waals surface area contributed by atoms with Crippen molar-refractivity contribution < 1.29 is 5.21 Å². The van der Waals surface area contributed by atoms with E-state index in [9.17, 15) is 5.21 Å². The number of anilines is 1. The van der Waals surface area contributed by atoms with Gasteiger partial charge in [-0.15, -0.1) is 0 Å². The topological polar surface area (TPSA) is 57.5 Å². The number of pyridine rings is 1. The van der Waals surface area contributed by atoms with Crippen LogP contribution in [0.3, 0.4) is 0 Å². The largest absolute Gasteiger partial charge is 0.410 e. The molecule has 0 saturated carbocycles. The maximum absolute atomic E-state index is 9.75. The second-order valence-electron chi connectivity index (χ2n) is 5.86. The summed E-state index contributed by atoms with van der Waals surface area (Å²) in [5, 5.41) is 19.7. The zero-order chi connectivity index (χ0) is 17.2. The van der Waals surface area contributed by atoms with Gasteiger partial charge in [0.1, 0.15) is 5.36 Å². The average molecular weight is 327 g/mol. The summed E-state index contributed by atoms with van der Waals surface area (Å²) in [7, 11) is 1.87. The Labute approximate surface area is 145 Å². The molecule has 0 aliphatic rings. The van der Waals surface area contributed by atoms with E-state index in [4.69, 9.17) is 0 Å². The predicted octanol–water partition coefficient (Wildman–Crippen LogP) is 4.39. The SMILES string of the molecule is CNc1ccc2ccc3ncc(-c4ccccc4)cc3/c(=N/O)c2c1. The molecule has 1 heterocycles. The van der Waals surface area contributed by atoms with Gasteiger partial charge in [-0.05, 0) is 35.2 Å². The molecule has 0 aliphatic carbocycles. The van der Waals surface area contributed by atoms with E-state index in [2.05, 4.69) is 15.5 Å². The smallest absolute Gasteiger partial charge is 0.119 e. The summed E-state index contributed by atoms with van der Waals surface area (Å²) in [4.78, 5) is 4.59. The molecule has 25 heavy (non-hydrogen) atoms. The molecule has 3 aromatic carbocycles. The minimum absolute atomic E-state index is 0.525. The third-order valence-electron chi connectivity index (χ3n) is 4.40. The fourth-order valence-electron chi connectivity index (χ4n) is 3.07. The lowest BCUT2D eigenvalue weighted by molar-refractivity contribution is 0.304. The van der Waals surface area contributed by atoms with Gasteiger partial charge in [0.15, 0.2) is 0 Å². The van der Waals surface area contributed by atoms with E-state index in [1.54, 1.807) is 0 Å². The highest BCUT2D eigenvalue weighted by molar-refractivity contribution is 5.94. The van der Waals surface area contributed by atoms with Crippen LogP contribution in [0, 0.1) is 0 Å². The van der Waals surface area contributed by atoms with Crippen LogP contribution in [0.15, 0.2) is 78.1 Å². The molecule has 4 rings (SSSR count). The van der Waals surface area contributed by atoms with Gasteiger partial charge >= 0.3 is 0 Å². The molecule has 4 aromatic rings. The first-order chi connectivity index (χ1) is 12.3. The number of fused-ring (bicyclic) bond motifs is 2. The Kier molecular flexibility index (Phi) is 3.78. The Morgan fingerprint density at radius 2 is 1.68 bits per heavy atom. The van der Waals surface area contributed by atoms with Crippen molar-refractivity contribution in [3.8, 4) is 11.1 Å². The van der Waals surface area contributed by atoms with Gasteiger partial charge in [0, 0.05) is 35.3 Å². The van der Waals surface area contributed by atoms with Crippen LogP contribution in [0.2, 0.25) is 0 Å². The maximum atomic E-state index is 9.75. The molecule has 0 fully saturated rings. The van der Waals surface area contributed by atoms with Crippen molar-refractivity contribution in [1.82, 2.24) is 4.98 Å². The minimum atomic E-state index is 0.525. The lowest BCUT2D eigenvalue weighted by atomic mass is 10.1. The summed E-state index contributed by atoms with van der Waals surface area (Å²) in [6.07, 6.45) is 1.85. The van der Waals surface area contributed by atoms with Gasteiger partial charge in [-0.2, -0.15) is 0 Å². The number of nitrogens with zero attached hydrogens (tertiary/aromatic N) is 2. The van der Waals surface area contributed by atoms with Gasteiger partial charge in [-0.3, -0.25) is 4.98 Å². The molecule has 0 amide bonds. The summed E-state index contributed by atoms with van der Waals surface area (Å²) in [5.41, 5.74) is 3.81. The van der Waals surface area contributed by atoms with Gasteiger partial charge in [0.25, 0.3) is 0 Å². The Balaban J connectivity index is 2.12. The van der Waals surface area contributed by atoms with Crippen molar-refractivity contribution >= 4 is 27.4 Å². The van der Waals surface area contributed by atoms with Crippen LogP contribution >= 0.6 is 0 Å². The van der Waals surface area contributed by atoms with Crippen molar-refractivity contribution in [3.63, 3.8) is 0 Å². The summed E-state index contributed by atoms with van der Waals surface area (Å²) in [6, 6.07) is 22.0. The quantitative estimate of drug-likeness (QED) is 0.424. The van der Waals surface area contributed by atoms with Gasteiger partial charge in [-0.25, -0.2) is 0 Å². The van der Waals surface area contributed by atoms with Gasteiger partial charge in [-0.1, -0.05) is 47.6 Å². The monoisotopic (exact) mass is 327 g/mol. The Bertz CT molecular complexity index is 1140. The minimum Gasteiger partial charge on any atom is -0.410 e. The molecule has 2 N–H and O–H groups in total. The fourth-order valence-corrected chi connectivity index (χ4v) is 3.07. The van der Waals surface area contributed by atoms with E-state index in [1.807, 2.05) is 80.0 Å². The highest BCUT2D eigenvalue weighted by atomic mass is 16.4. The molecule has 4 nitrogen and oxygen atoms in total. The highest BCUT2D eigenvalue weighted by Crippen LogP contribution is 2.23. The van der Waals surface area contributed by atoms with E-state index in [0.717, 1.165) is 38.5 Å². The Morgan fingerprint density at radius 1 is 0.880 bits per heavy atom. The molecule has 0 aliphatic heterocycles. The van der Waals surface area contributed by atoms with Crippen molar-refractivity contribution in [1.29, 1.82) is 0 Å². The third-order valence-corrected chi connectivity index (χ3v) is 4.40. The van der Waals surface area contributed by atoms with Gasteiger partial charge in [0.05, 0.1) is 5.52 Å². The van der Waals surface area contributed by atoms with Gasteiger partial charge < -0.3 is 10.5 Å². The second kappa shape index (κ2) is 6.24. The van der Waals surface area contributed by atoms with E-state index in [1.165, 1.54) is 0 Å². The molecule has 0 unspecified atom stereocenters. The molecule has 0 saturated heterocycles. The molecule has 1 aromatic heterocycles. The normalized spacial score (nSPS) is 11.8. The van der Waals surface area contributed by atoms with Crippen LogP contribution < -0.4 is 10.7 Å². The second-order valence-corrected chi connectivity index (χ2v) is 5.86. The molecular formula is C21H17N3O. The van der Waals surface area contributed by atoms with Crippen LogP contribution in [0.1, 0.15) is 0 Å². The molecule has 0 bridgehead atoms. The third kappa shape index (κ3) is 2.68. The van der Waals surface area contributed by atoms with Crippen molar-refractivity contribution in [2.45, 2.75) is 0 Å². The molecule has 122 valence electrons. The number of benzene rings is 2. The van der Waals surface area contributed by atoms with Crippen LogP contribution in [0.5, 0.6) is 0 Å². The van der Waals surface area contributed by atoms with E-state index >= 15 is 0 Å². The fraction of sp³-hybridized carbons (Fsp3) is 0.0476.